The van der Waals surface area contributed by atoms with Crippen molar-refractivity contribution in [2.24, 2.45) is 5.92 Å². The smallest absolute Gasteiger partial charge is 0.00575 e. The average Bonchev–Trinajstić information content (AvgIpc) is 2.94. The molecule has 1 aliphatic rings. The molecule has 0 aliphatic heterocycles. The molecule has 0 spiro atoms. The first kappa shape index (κ1) is 19.9. The fourth-order valence-corrected chi connectivity index (χ4v) is 3.99. The van der Waals surface area contributed by atoms with Gasteiger partial charge in [0.15, 0.2) is 0 Å². The van der Waals surface area contributed by atoms with Crippen LogP contribution in [0.4, 0.5) is 0 Å². The van der Waals surface area contributed by atoms with Gasteiger partial charge in [0, 0.05) is 0 Å². The summed E-state index contributed by atoms with van der Waals surface area (Å²) in [7, 11) is 0. The maximum absolute atomic E-state index is 2.46. The lowest BCUT2D eigenvalue weighted by molar-refractivity contribution is 0.569. The first-order valence-electron chi connectivity index (χ1n) is 10.4. The molecule has 0 nitrogen and oxygen atoms in total. The van der Waals surface area contributed by atoms with Crippen LogP contribution in [-0.2, 0) is 17.3 Å². The highest BCUT2D eigenvalue weighted by molar-refractivity contribution is 5.81. The lowest BCUT2D eigenvalue weighted by atomic mass is 9.78. The van der Waals surface area contributed by atoms with Gasteiger partial charge in [0.1, 0.15) is 0 Å². The van der Waals surface area contributed by atoms with Crippen molar-refractivity contribution < 1.29 is 0 Å². The summed E-state index contributed by atoms with van der Waals surface area (Å²) in [5.74, 6) is 0.714. The molecule has 1 aliphatic carbocycles. The van der Waals surface area contributed by atoms with Crippen LogP contribution in [-0.4, -0.2) is 0 Å². The Labute approximate surface area is 166 Å². The molecule has 0 saturated carbocycles. The normalized spacial score (nSPS) is 14.5. The van der Waals surface area contributed by atoms with Crippen LogP contribution in [0.5, 0.6) is 0 Å². The molecule has 0 unspecified atom stereocenters. The maximum Gasteiger partial charge on any atom is -0.00575 e. The van der Waals surface area contributed by atoms with Crippen LogP contribution in [0.1, 0.15) is 84.1 Å². The van der Waals surface area contributed by atoms with Crippen molar-refractivity contribution >= 4 is 6.08 Å². The molecule has 0 aromatic heterocycles. The zero-order valence-electron chi connectivity index (χ0n) is 18.5. The highest BCUT2D eigenvalue weighted by atomic mass is 14.3. The molecule has 3 rings (SSSR count). The van der Waals surface area contributed by atoms with E-state index in [0.717, 1.165) is 6.42 Å². The fourth-order valence-electron chi connectivity index (χ4n) is 3.99. The molecule has 0 heteroatoms. The highest BCUT2D eigenvalue weighted by Gasteiger charge is 2.23. The Morgan fingerprint density at radius 2 is 1.44 bits per heavy atom. The van der Waals surface area contributed by atoms with Gasteiger partial charge in [0.25, 0.3) is 0 Å². The predicted molar refractivity (Wildman–Crippen MR) is 120 cm³/mol. The summed E-state index contributed by atoms with van der Waals surface area (Å²) in [6, 6.07) is 14.1. The molecule has 144 valence electrons. The lowest BCUT2D eigenvalue weighted by Crippen LogP contribution is -2.16. The first-order valence-corrected chi connectivity index (χ1v) is 10.4. The number of hydrogen-bond donors (Lipinski definition) is 0. The maximum atomic E-state index is 2.46. The molecule has 2 aromatic carbocycles. The van der Waals surface area contributed by atoms with Gasteiger partial charge in [-0.2, -0.15) is 0 Å². The minimum absolute atomic E-state index is 0.145. The van der Waals surface area contributed by atoms with Gasteiger partial charge in [-0.25, -0.2) is 0 Å². The van der Waals surface area contributed by atoms with E-state index in [-0.39, 0.29) is 10.8 Å². The SMILES string of the molecule is CC(C)CC1=Cc2c(cccc2-c2cc(C(C)(C)C)cc(C(C)(C)C)c2)C1. The summed E-state index contributed by atoms with van der Waals surface area (Å²) < 4.78 is 0. The Morgan fingerprint density at radius 1 is 0.852 bits per heavy atom. The second kappa shape index (κ2) is 6.97. The van der Waals surface area contributed by atoms with E-state index in [4.69, 9.17) is 0 Å². The zero-order chi connectivity index (χ0) is 20.0. The molecule has 27 heavy (non-hydrogen) atoms. The molecular weight excluding hydrogens is 324 g/mol. The van der Waals surface area contributed by atoms with Gasteiger partial charge in [-0.1, -0.05) is 103 Å². The largest absolute Gasteiger partial charge is 0.0649 e. The minimum Gasteiger partial charge on any atom is -0.0649 e. The predicted octanol–water partition coefficient (Wildman–Crippen LogP) is 7.93. The van der Waals surface area contributed by atoms with Crippen molar-refractivity contribution in [3.63, 3.8) is 0 Å². The Kier molecular flexibility index (Phi) is 5.14. The quantitative estimate of drug-likeness (QED) is 0.521. The number of benzene rings is 2. The molecule has 0 amide bonds. The Bertz CT molecular complexity index is 832. The van der Waals surface area contributed by atoms with E-state index < -0.39 is 0 Å². The van der Waals surface area contributed by atoms with Gasteiger partial charge >= 0.3 is 0 Å². The van der Waals surface area contributed by atoms with Crippen LogP contribution in [0.3, 0.4) is 0 Å². The topological polar surface area (TPSA) is 0 Å². The highest BCUT2D eigenvalue weighted by Crippen LogP contribution is 2.39. The summed E-state index contributed by atoms with van der Waals surface area (Å²) in [6.45, 7) is 18.5. The summed E-state index contributed by atoms with van der Waals surface area (Å²) in [5, 5.41) is 0. The first-order chi connectivity index (χ1) is 12.4. The van der Waals surface area contributed by atoms with E-state index in [1.165, 1.54) is 39.8 Å². The standard InChI is InChI=1S/C27H36/c1-18(2)12-19-13-20-10-9-11-24(25(20)14-19)21-15-22(26(3,4)5)17-23(16-21)27(6,7)8/h9-11,14-18H,12-13H2,1-8H3. The van der Waals surface area contributed by atoms with Gasteiger partial charge in [-0.05, 0) is 63.0 Å². The molecule has 2 aromatic rings. The molecule has 0 bridgehead atoms. The van der Waals surface area contributed by atoms with Crippen LogP contribution in [0.2, 0.25) is 0 Å². The van der Waals surface area contributed by atoms with E-state index >= 15 is 0 Å². The van der Waals surface area contributed by atoms with E-state index in [1.54, 1.807) is 5.57 Å². The van der Waals surface area contributed by atoms with Crippen molar-refractivity contribution in [1.82, 2.24) is 0 Å². The molecule has 0 heterocycles. The Morgan fingerprint density at radius 3 is 1.96 bits per heavy atom. The van der Waals surface area contributed by atoms with Crippen LogP contribution in [0.15, 0.2) is 42.0 Å². The van der Waals surface area contributed by atoms with E-state index in [0.29, 0.717) is 5.92 Å². The van der Waals surface area contributed by atoms with Gasteiger partial charge < -0.3 is 0 Å². The van der Waals surface area contributed by atoms with Crippen molar-refractivity contribution in [2.45, 2.75) is 79.1 Å². The minimum atomic E-state index is 0.145. The third-order valence-electron chi connectivity index (χ3n) is 5.61. The summed E-state index contributed by atoms with van der Waals surface area (Å²) in [5.41, 5.74) is 10.4. The molecular formula is C27H36. The second-order valence-electron chi connectivity index (χ2n) is 10.8. The van der Waals surface area contributed by atoms with Crippen molar-refractivity contribution in [1.29, 1.82) is 0 Å². The summed E-state index contributed by atoms with van der Waals surface area (Å²) in [6.07, 6.45) is 4.78. The molecule has 0 fully saturated rings. The fraction of sp³-hybridized carbons (Fsp3) is 0.481. The van der Waals surface area contributed by atoms with Crippen molar-refractivity contribution in [3.8, 4) is 11.1 Å². The van der Waals surface area contributed by atoms with Crippen LogP contribution in [0.25, 0.3) is 17.2 Å². The van der Waals surface area contributed by atoms with Crippen LogP contribution >= 0.6 is 0 Å². The number of hydrogen-bond acceptors (Lipinski definition) is 0. The van der Waals surface area contributed by atoms with Crippen molar-refractivity contribution in [3.05, 3.63) is 64.2 Å². The Hall–Kier alpha value is -1.82. The van der Waals surface area contributed by atoms with Gasteiger partial charge in [0.05, 0.1) is 0 Å². The lowest BCUT2D eigenvalue weighted by Gasteiger charge is -2.26. The van der Waals surface area contributed by atoms with Gasteiger partial charge in [-0.15, -0.1) is 0 Å². The number of allylic oxidation sites excluding steroid dienone is 1. The third-order valence-corrected chi connectivity index (χ3v) is 5.61. The van der Waals surface area contributed by atoms with E-state index in [1.807, 2.05) is 0 Å². The third kappa shape index (κ3) is 4.37. The summed E-state index contributed by atoms with van der Waals surface area (Å²) in [4.78, 5) is 0. The van der Waals surface area contributed by atoms with Gasteiger partial charge in [-0.3, -0.25) is 0 Å². The van der Waals surface area contributed by atoms with E-state index in [9.17, 15) is 0 Å². The monoisotopic (exact) mass is 360 g/mol. The average molecular weight is 361 g/mol. The molecule has 0 radical (unpaired) electrons. The van der Waals surface area contributed by atoms with Crippen LogP contribution < -0.4 is 0 Å². The number of fused-ring (bicyclic) bond motifs is 1. The molecule has 0 N–H and O–H groups in total. The Balaban J connectivity index is 2.16. The van der Waals surface area contributed by atoms with Crippen LogP contribution in [0, 0.1) is 5.92 Å². The van der Waals surface area contributed by atoms with E-state index in [2.05, 4.69) is 97.9 Å². The molecule has 0 atom stereocenters. The zero-order valence-corrected chi connectivity index (χ0v) is 18.5. The van der Waals surface area contributed by atoms with Gasteiger partial charge in [0.2, 0.25) is 0 Å². The molecule has 0 saturated heterocycles. The van der Waals surface area contributed by atoms with Crippen molar-refractivity contribution in [2.75, 3.05) is 0 Å². The summed E-state index contributed by atoms with van der Waals surface area (Å²) >= 11 is 0. The number of rotatable bonds is 3. The second-order valence-corrected chi connectivity index (χ2v) is 10.8.